The van der Waals surface area contributed by atoms with Crippen LogP contribution in [0.4, 0.5) is 0 Å². The van der Waals surface area contributed by atoms with Crippen LogP contribution in [-0.2, 0) is 4.18 Å². The van der Waals surface area contributed by atoms with Crippen molar-refractivity contribution in [2.24, 2.45) is 0 Å². The van der Waals surface area contributed by atoms with Gasteiger partial charge < -0.3 is 9.29 Å². The van der Waals surface area contributed by atoms with E-state index >= 15 is 0 Å². The maximum absolute atomic E-state index is 8.83. The Labute approximate surface area is 69.9 Å². The van der Waals surface area contributed by atoms with Gasteiger partial charge in [-0.3, -0.25) is 0 Å². The third kappa shape index (κ3) is 4.44. The second-order valence-electron chi connectivity index (χ2n) is 2.37. The Balaban J connectivity index is 1.76. The third-order valence-corrected chi connectivity index (χ3v) is 2.91. The van der Waals surface area contributed by atoms with Gasteiger partial charge in [0.1, 0.15) is 0 Å². The highest BCUT2D eigenvalue weighted by molar-refractivity contribution is 8.07. The smallest absolute Gasteiger partial charge is 0.0740 e. The molecule has 0 amide bonds. The van der Waals surface area contributed by atoms with Crippen LogP contribution in [-0.4, -0.2) is 34.6 Å². The first-order valence-corrected chi connectivity index (χ1v) is 5.29. The van der Waals surface area contributed by atoms with E-state index in [2.05, 4.69) is 0 Å². The molecule has 0 radical (unpaired) electrons. The molecule has 1 saturated heterocycles. The van der Waals surface area contributed by atoms with Gasteiger partial charge in [-0.1, -0.05) is 0 Å². The standard InChI is InChI=1S/C6H12O2S2/c1-5(7)3-10-8-2-6-4-9-6/h5-7H,2-4H2,1H3. The topological polar surface area (TPSA) is 29.5 Å². The Morgan fingerprint density at radius 2 is 2.60 bits per heavy atom. The highest BCUT2D eigenvalue weighted by Crippen LogP contribution is 2.30. The quantitative estimate of drug-likeness (QED) is 0.390. The van der Waals surface area contributed by atoms with Crippen LogP contribution in [0.1, 0.15) is 6.92 Å². The van der Waals surface area contributed by atoms with Crippen LogP contribution in [0.2, 0.25) is 0 Å². The first-order valence-electron chi connectivity index (χ1n) is 3.33. The van der Waals surface area contributed by atoms with Crippen molar-refractivity contribution in [3.05, 3.63) is 0 Å². The molecule has 0 spiro atoms. The van der Waals surface area contributed by atoms with Crippen LogP contribution >= 0.6 is 23.8 Å². The zero-order valence-electron chi connectivity index (χ0n) is 5.95. The normalized spacial score (nSPS) is 26.4. The summed E-state index contributed by atoms with van der Waals surface area (Å²) < 4.78 is 5.20. The molecule has 1 N–H and O–H groups in total. The summed E-state index contributed by atoms with van der Waals surface area (Å²) in [7, 11) is 0. The number of aliphatic hydroxyl groups excluding tert-OH is 1. The Morgan fingerprint density at radius 3 is 3.10 bits per heavy atom. The molecule has 0 aromatic heterocycles. The van der Waals surface area contributed by atoms with Gasteiger partial charge in [-0.15, -0.1) is 0 Å². The molecule has 0 aromatic rings. The molecule has 0 aromatic carbocycles. The van der Waals surface area contributed by atoms with Crippen LogP contribution in [0.15, 0.2) is 0 Å². The van der Waals surface area contributed by atoms with E-state index in [4.69, 9.17) is 9.29 Å². The van der Waals surface area contributed by atoms with Crippen LogP contribution in [0.25, 0.3) is 0 Å². The highest BCUT2D eigenvalue weighted by atomic mass is 32.2. The summed E-state index contributed by atoms with van der Waals surface area (Å²) in [6, 6.07) is 0. The van der Waals surface area contributed by atoms with E-state index in [0.29, 0.717) is 5.75 Å². The lowest BCUT2D eigenvalue weighted by Gasteiger charge is -2.02. The third-order valence-electron chi connectivity index (χ3n) is 1.05. The maximum atomic E-state index is 8.83. The van der Waals surface area contributed by atoms with E-state index in [0.717, 1.165) is 11.9 Å². The molecule has 60 valence electrons. The average molecular weight is 180 g/mol. The predicted molar refractivity (Wildman–Crippen MR) is 46.3 cm³/mol. The molecule has 4 heteroatoms. The first kappa shape index (κ1) is 8.71. The van der Waals surface area contributed by atoms with Gasteiger partial charge in [0.2, 0.25) is 0 Å². The van der Waals surface area contributed by atoms with Crippen molar-refractivity contribution in [1.29, 1.82) is 0 Å². The van der Waals surface area contributed by atoms with Crippen molar-refractivity contribution in [2.45, 2.75) is 18.3 Å². The fourth-order valence-corrected chi connectivity index (χ4v) is 1.47. The highest BCUT2D eigenvalue weighted by Gasteiger charge is 2.22. The van der Waals surface area contributed by atoms with Crippen LogP contribution in [0, 0.1) is 0 Å². The van der Waals surface area contributed by atoms with Gasteiger partial charge in [0, 0.05) is 16.8 Å². The van der Waals surface area contributed by atoms with Gasteiger partial charge in [-0.25, -0.2) is 0 Å². The lowest BCUT2D eigenvalue weighted by atomic mass is 10.5. The average Bonchev–Trinajstić information content (AvgIpc) is 2.62. The van der Waals surface area contributed by atoms with Crippen LogP contribution in [0.5, 0.6) is 0 Å². The van der Waals surface area contributed by atoms with Crippen molar-refractivity contribution >= 4 is 23.8 Å². The minimum atomic E-state index is -0.253. The Hall–Kier alpha value is 0.620. The largest absolute Gasteiger partial charge is 0.392 e. The number of hydrogen-bond acceptors (Lipinski definition) is 4. The molecule has 0 aliphatic carbocycles. The van der Waals surface area contributed by atoms with Crippen molar-refractivity contribution < 1.29 is 9.29 Å². The summed E-state index contributed by atoms with van der Waals surface area (Å²) in [5.41, 5.74) is 0. The van der Waals surface area contributed by atoms with Gasteiger partial charge in [0.05, 0.1) is 12.7 Å². The van der Waals surface area contributed by atoms with Crippen LogP contribution in [0.3, 0.4) is 0 Å². The zero-order chi connectivity index (χ0) is 7.40. The minimum Gasteiger partial charge on any atom is -0.392 e. The molecule has 2 nitrogen and oxygen atoms in total. The molecule has 0 saturated carbocycles. The van der Waals surface area contributed by atoms with E-state index in [1.54, 1.807) is 6.92 Å². The molecule has 1 aliphatic rings. The molecule has 0 bridgehead atoms. The lowest BCUT2D eigenvalue weighted by molar-refractivity contribution is 0.217. The molecular formula is C6H12O2S2. The number of aliphatic hydroxyl groups is 1. The summed E-state index contributed by atoms with van der Waals surface area (Å²) in [6.45, 7) is 2.60. The maximum Gasteiger partial charge on any atom is 0.0740 e. The fraction of sp³-hybridized carbons (Fsp3) is 1.00. The van der Waals surface area contributed by atoms with Crippen molar-refractivity contribution in [3.8, 4) is 0 Å². The van der Waals surface area contributed by atoms with Crippen LogP contribution < -0.4 is 0 Å². The molecule has 1 aliphatic heterocycles. The number of thioether (sulfide) groups is 1. The summed E-state index contributed by atoms with van der Waals surface area (Å²) >= 11 is 3.29. The summed E-state index contributed by atoms with van der Waals surface area (Å²) in [6.07, 6.45) is -0.253. The minimum absolute atomic E-state index is 0.253. The monoisotopic (exact) mass is 180 g/mol. The van der Waals surface area contributed by atoms with E-state index < -0.39 is 0 Å². The van der Waals surface area contributed by atoms with E-state index in [-0.39, 0.29) is 6.10 Å². The predicted octanol–water partition coefficient (Wildman–Crippen LogP) is 1.15. The molecule has 10 heavy (non-hydrogen) atoms. The van der Waals surface area contributed by atoms with Gasteiger partial charge >= 0.3 is 0 Å². The van der Waals surface area contributed by atoms with Gasteiger partial charge in [0.25, 0.3) is 0 Å². The molecule has 1 heterocycles. The van der Waals surface area contributed by atoms with Crippen molar-refractivity contribution in [2.75, 3.05) is 18.1 Å². The van der Waals surface area contributed by atoms with E-state index in [9.17, 15) is 0 Å². The van der Waals surface area contributed by atoms with E-state index in [1.165, 1.54) is 17.8 Å². The second kappa shape index (κ2) is 4.49. The van der Waals surface area contributed by atoms with Crippen molar-refractivity contribution in [3.63, 3.8) is 0 Å². The zero-order valence-corrected chi connectivity index (χ0v) is 7.58. The molecule has 1 rings (SSSR count). The Kier molecular flexibility index (Phi) is 3.91. The summed E-state index contributed by atoms with van der Waals surface area (Å²) in [5.74, 6) is 1.92. The Bertz CT molecular complexity index is 89.7. The molecular weight excluding hydrogens is 168 g/mol. The second-order valence-corrected chi connectivity index (χ2v) is 4.51. The van der Waals surface area contributed by atoms with Gasteiger partial charge in [-0.2, -0.15) is 11.8 Å². The summed E-state index contributed by atoms with van der Waals surface area (Å²) in [4.78, 5) is 0. The van der Waals surface area contributed by atoms with E-state index in [1.807, 2.05) is 11.8 Å². The van der Waals surface area contributed by atoms with Gasteiger partial charge in [0.15, 0.2) is 0 Å². The SMILES string of the molecule is CC(O)CSOCC1CS1. The molecule has 2 unspecified atom stereocenters. The first-order chi connectivity index (χ1) is 4.79. The fourth-order valence-electron chi connectivity index (χ4n) is 0.435. The summed E-state index contributed by atoms with van der Waals surface area (Å²) in [5, 5.41) is 9.56. The number of rotatable bonds is 5. The van der Waals surface area contributed by atoms with Gasteiger partial charge in [-0.05, 0) is 19.0 Å². The lowest BCUT2D eigenvalue weighted by Crippen LogP contribution is -2.04. The molecule has 1 fully saturated rings. The van der Waals surface area contributed by atoms with Crippen molar-refractivity contribution in [1.82, 2.24) is 0 Å². The molecule has 2 atom stereocenters. The number of hydrogen-bond donors (Lipinski definition) is 1. The Morgan fingerprint density at radius 1 is 1.90 bits per heavy atom.